The Bertz CT molecular complexity index is 448. The zero-order chi connectivity index (χ0) is 14.4. The van der Waals surface area contributed by atoms with E-state index in [1.807, 2.05) is 36.2 Å². The number of rotatable bonds is 6. The van der Waals surface area contributed by atoms with Gasteiger partial charge >= 0.3 is 0 Å². The van der Waals surface area contributed by atoms with Crippen LogP contribution in [0, 0.1) is 0 Å². The second kappa shape index (κ2) is 7.29. The zero-order valence-corrected chi connectivity index (χ0v) is 12.4. The van der Waals surface area contributed by atoms with E-state index in [2.05, 4.69) is 5.32 Å². The molecule has 110 valence electrons. The number of amides is 1. The predicted molar refractivity (Wildman–Crippen MR) is 80.0 cm³/mol. The smallest absolute Gasteiger partial charge is 0.223 e. The number of carbonyl (C=O) groups is 1. The third-order valence-corrected chi connectivity index (χ3v) is 3.90. The number of likely N-dealkylation sites (N-methyl/N-ethyl adjacent to an activating group) is 1. The third-order valence-electron chi connectivity index (χ3n) is 3.90. The van der Waals surface area contributed by atoms with Crippen molar-refractivity contribution in [3.63, 3.8) is 0 Å². The summed E-state index contributed by atoms with van der Waals surface area (Å²) in [5.74, 6) is 1.12. The molecule has 0 aliphatic carbocycles. The minimum absolute atomic E-state index is 0.269. The van der Waals surface area contributed by atoms with E-state index in [9.17, 15) is 4.79 Å². The average molecular weight is 276 g/mol. The minimum atomic E-state index is 0.269. The lowest BCUT2D eigenvalue weighted by atomic mass is 10.1. The highest BCUT2D eigenvalue weighted by Crippen LogP contribution is 2.19. The first-order valence-corrected chi connectivity index (χ1v) is 7.31. The van der Waals surface area contributed by atoms with Gasteiger partial charge in [0.2, 0.25) is 5.91 Å². The van der Waals surface area contributed by atoms with Crippen molar-refractivity contribution in [1.82, 2.24) is 10.2 Å². The van der Waals surface area contributed by atoms with Gasteiger partial charge in [-0.15, -0.1) is 0 Å². The monoisotopic (exact) mass is 276 g/mol. The van der Waals surface area contributed by atoms with Gasteiger partial charge in [0.1, 0.15) is 5.75 Å². The van der Waals surface area contributed by atoms with Crippen LogP contribution in [0.5, 0.6) is 5.75 Å². The van der Waals surface area contributed by atoms with Crippen molar-refractivity contribution in [2.45, 2.75) is 31.7 Å². The van der Waals surface area contributed by atoms with E-state index in [0.717, 1.165) is 43.7 Å². The number of aryl methyl sites for hydroxylation is 1. The molecule has 1 amide bonds. The molecule has 1 N–H and O–H groups in total. The van der Waals surface area contributed by atoms with Gasteiger partial charge in [-0.3, -0.25) is 4.79 Å². The second-order valence-corrected chi connectivity index (χ2v) is 5.29. The molecular weight excluding hydrogens is 252 g/mol. The van der Waals surface area contributed by atoms with Crippen molar-refractivity contribution in [3.8, 4) is 5.75 Å². The molecule has 0 bridgehead atoms. The summed E-state index contributed by atoms with van der Waals surface area (Å²) in [4.78, 5) is 14.4. The van der Waals surface area contributed by atoms with Gasteiger partial charge in [0.05, 0.1) is 7.11 Å². The van der Waals surface area contributed by atoms with Gasteiger partial charge in [-0.25, -0.2) is 0 Å². The largest absolute Gasteiger partial charge is 0.497 e. The van der Waals surface area contributed by atoms with Gasteiger partial charge in [-0.1, -0.05) is 12.1 Å². The fraction of sp³-hybridized carbons (Fsp3) is 0.562. The van der Waals surface area contributed by atoms with E-state index in [1.54, 1.807) is 7.11 Å². The molecule has 4 nitrogen and oxygen atoms in total. The van der Waals surface area contributed by atoms with Crippen LogP contribution in [-0.2, 0) is 11.2 Å². The summed E-state index contributed by atoms with van der Waals surface area (Å²) in [6, 6.07) is 8.32. The highest BCUT2D eigenvalue weighted by molar-refractivity contribution is 5.77. The van der Waals surface area contributed by atoms with E-state index in [1.165, 1.54) is 0 Å². The number of hydrogen-bond acceptors (Lipinski definition) is 3. The molecule has 1 aliphatic heterocycles. The van der Waals surface area contributed by atoms with Crippen LogP contribution in [0.25, 0.3) is 0 Å². The molecule has 1 saturated heterocycles. The van der Waals surface area contributed by atoms with E-state index in [4.69, 9.17) is 4.74 Å². The maximum absolute atomic E-state index is 12.3. The van der Waals surface area contributed by atoms with E-state index < -0.39 is 0 Å². The lowest BCUT2D eigenvalue weighted by molar-refractivity contribution is -0.131. The van der Waals surface area contributed by atoms with E-state index in [0.29, 0.717) is 12.5 Å². The Hall–Kier alpha value is -1.55. The molecule has 1 aromatic rings. The molecule has 1 heterocycles. The van der Waals surface area contributed by atoms with Gasteiger partial charge in [-0.05, 0) is 44.0 Å². The van der Waals surface area contributed by atoms with Crippen LogP contribution in [0.3, 0.4) is 0 Å². The first-order chi connectivity index (χ1) is 9.74. The van der Waals surface area contributed by atoms with E-state index in [-0.39, 0.29) is 5.91 Å². The molecule has 1 aromatic carbocycles. The SMILES string of the molecule is CNCC1CCCN1C(=O)CCc1cccc(OC)c1. The maximum atomic E-state index is 12.3. The summed E-state index contributed by atoms with van der Waals surface area (Å²) in [5, 5.41) is 3.17. The first-order valence-electron chi connectivity index (χ1n) is 7.31. The fourth-order valence-corrected chi connectivity index (χ4v) is 2.83. The van der Waals surface area contributed by atoms with Crippen LogP contribution < -0.4 is 10.1 Å². The molecule has 0 radical (unpaired) electrons. The molecule has 0 saturated carbocycles. The molecule has 20 heavy (non-hydrogen) atoms. The molecule has 1 aliphatic rings. The van der Waals surface area contributed by atoms with Gasteiger partial charge in [0.25, 0.3) is 0 Å². The van der Waals surface area contributed by atoms with Crippen molar-refractivity contribution in [2.75, 3.05) is 27.2 Å². The summed E-state index contributed by atoms with van der Waals surface area (Å²) in [7, 11) is 3.61. The highest BCUT2D eigenvalue weighted by atomic mass is 16.5. The number of carbonyl (C=O) groups excluding carboxylic acids is 1. The number of likely N-dealkylation sites (tertiary alicyclic amines) is 1. The highest BCUT2D eigenvalue weighted by Gasteiger charge is 2.27. The third kappa shape index (κ3) is 3.73. The van der Waals surface area contributed by atoms with Crippen molar-refractivity contribution < 1.29 is 9.53 Å². The van der Waals surface area contributed by atoms with Crippen LogP contribution >= 0.6 is 0 Å². The molecule has 1 unspecified atom stereocenters. The van der Waals surface area contributed by atoms with Crippen molar-refractivity contribution in [2.24, 2.45) is 0 Å². The Morgan fingerprint density at radius 3 is 3.10 bits per heavy atom. The van der Waals surface area contributed by atoms with Crippen LogP contribution in [0.15, 0.2) is 24.3 Å². The zero-order valence-electron chi connectivity index (χ0n) is 12.4. The summed E-state index contributed by atoms with van der Waals surface area (Å²) in [6.45, 7) is 1.80. The number of ether oxygens (including phenoxy) is 1. The number of nitrogens with zero attached hydrogens (tertiary/aromatic N) is 1. The predicted octanol–water partition coefficient (Wildman–Crippen LogP) is 1.84. The maximum Gasteiger partial charge on any atom is 0.223 e. The van der Waals surface area contributed by atoms with Crippen molar-refractivity contribution in [3.05, 3.63) is 29.8 Å². The average Bonchev–Trinajstić information content (AvgIpc) is 2.94. The summed E-state index contributed by atoms with van der Waals surface area (Å²) in [5.41, 5.74) is 1.15. The molecule has 1 atom stereocenters. The molecule has 4 heteroatoms. The Morgan fingerprint density at radius 1 is 1.50 bits per heavy atom. The Morgan fingerprint density at radius 2 is 2.35 bits per heavy atom. The van der Waals surface area contributed by atoms with Crippen molar-refractivity contribution >= 4 is 5.91 Å². The van der Waals surface area contributed by atoms with Crippen LogP contribution in [-0.4, -0.2) is 44.1 Å². The Balaban J connectivity index is 1.88. The standard InChI is InChI=1S/C16H24N2O2/c1-17-12-14-6-4-10-18(14)16(19)9-8-13-5-3-7-15(11-13)20-2/h3,5,7,11,14,17H,4,6,8-10,12H2,1-2H3. The second-order valence-electron chi connectivity index (χ2n) is 5.29. The summed E-state index contributed by atoms with van der Waals surface area (Å²) in [6.07, 6.45) is 3.59. The minimum Gasteiger partial charge on any atom is -0.497 e. The molecule has 1 fully saturated rings. The van der Waals surface area contributed by atoms with Gasteiger partial charge in [0, 0.05) is 25.6 Å². The quantitative estimate of drug-likeness (QED) is 0.862. The lowest BCUT2D eigenvalue weighted by Crippen LogP contribution is -2.40. The van der Waals surface area contributed by atoms with Gasteiger partial charge < -0.3 is 15.0 Å². The number of hydrogen-bond donors (Lipinski definition) is 1. The van der Waals surface area contributed by atoms with Crippen molar-refractivity contribution in [1.29, 1.82) is 0 Å². The fourth-order valence-electron chi connectivity index (χ4n) is 2.83. The number of methoxy groups -OCH3 is 1. The number of nitrogens with one attached hydrogen (secondary N) is 1. The van der Waals surface area contributed by atoms with Gasteiger partial charge in [-0.2, -0.15) is 0 Å². The molecule has 2 rings (SSSR count). The molecule has 0 aromatic heterocycles. The molecular formula is C16H24N2O2. The number of benzene rings is 1. The van der Waals surface area contributed by atoms with Crippen LogP contribution in [0.4, 0.5) is 0 Å². The van der Waals surface area contributed by atoms with Gasteiger partial charge in [0.15, 0.2) is 0 Å². The Kier molecular flexibility index (Phi) is 5.41. The van der Waals surface area contributed by atoms with Crippen LogP contribution in [0.2, 0.25) is 0 Å². The molecule has 0 spiro atoms. The van der Waals surface area contributed by atoms with Crippen LogP contribution in [0.1, 0.15) is 24.8 Å². The summed E-state index contributed by atoms with van der Waals surface area (Å²) >= 11 is 0. The normalized spacial score (nSPS) is 18.3. The first kappa shape index (κ1) is 14.9. The summed E-state index contributed by atoms with van der Waals surface area (Å²) < 4.78 is 5.21. The van der Waals surface area contributed by atoms with E-state index >= 15 is 0 Å². The lowest BCUT2D eigenvalue weighted by Gasteiger charge is -2.24. The topological polar surface area (TPSA) is 41.6 Å². The Labute approximate surface area is 121 Å².